The van der Waals surface area contributed by atoms with Crippen LogP contribution in [0.15, 0.2) is 77.7 Å². The minimum atomic E-state index is -0.917. The van der Waals surface area contributed by atoms with Crippen molar-refractivity contribution in [1.82, 2.24) is 9.55 Å². The second-order valence-electron chi connectivity index (χ2n) is 8.92. The maximum absolute atomic E-state index is 12.9. The molecule has 1 amide bonds. The fourth-order valence-electron chi connectivity index (χ4n) is 4.29. The molecule has 36 heavy (non-hydrogen) atoms. The molecule has 186 valence electrons. The van der Waals surface area contributed by atoms with Crippen LogP contribution in [-0.2, 0) is 18.9 Å². The molecule has 0 radical (unpaired) electrons. The van der Waals surface area contributed by atoms with E-state index in [9.17, 15) is 14.4 Å². The Hall–Kier alpha value is -3.86. The van der Waals surface area contributed by atoms with Gasteiger partial charge in [-0.1, -0.05) is 36.4 Å². The maximum atomic E-state index is 12.9. The van der Waals surface area contributed by atoms with Crippen LogP contribution in [0.5, 0.6) is 0 Å². The normalized spacial score (nSPS) is 24.2. The van der Waals surface area contributed by atoms with Crippen molar-refractivity contribution in [1.29, 1.82) is 0 Å². The van der Waals surface area contributed by atoms with E-state index in [1.807, 2.05) is 6.07 Å². The summed E-state index contributed by atoms with van der Waals surface area (Å²) in [5, 5.41) is 2.62. The average molecular weight is 492 g/mol. The summed E-state index contributed by atoms with van der Waals surface area (Å²) in [7, 11) is 0. The van der Waals surface area contributed by atoms with Crippen LogP contribution in [0.4, 0.5) is 5.82 Å². The van der Waals surface area contributed by atoms with Crippen molar-refractivity contribution in [2.75, 3.05) is 11.9 Å². The Kier molecular flexibility index (Phi) is 6.40. The zero-order chi connectivity index (χ0) is 25.3. The molecule has 0 aliphatic carbocycles. The number of fused-ring (bicyclic) bond motifs is 1. The molecule has 10 heteroatoms. The standard InChI is InChI=1S/C26H25N3O7/c1-26(2)35-20-18(15-33-24(31)17-11-7-4-8-12-17)34-23(21(20)36-26)29-14-13-19(28-25(29)32)27-22(30)16-9-5-3-6-10-16/h3-14,18,20-21,23H,15H2,1-2H3,(H,27,28,30,32)/t18-,20-,21?,23-/m1/s1. The van der Waals surface area contributed by atoms with E-state index in [0.717, 1.165) is 0 Å². The highest BCUT2D eigenvalue weighted by molar-refractivity contribution is 6.03. The fourth-order valence-corrected chi connectivity index (χ4v) is 4.29. The number of benzene rings is 2. The van der Waals surface area contributed by atoms with Gasteiger partial charge in [-0.25, -0.2) is 9.59 Å². The number of esters is 1. The maximum Gasteiger partial charge on any atom is 0.351 e. The third-order valence-electron chi connectivity index (χ3n) is 5.90. The van der Waals surface area contributed by atoms with Gasteiger partial charge in [0.2, 0.25) is 0 Å². The molecule has 1 N–H and O–H groups in total. The number of rotatable bonds is 6. The van der Waals surface area contributed by atoms with E-state index in [2.05, 4.69) is 10.3 Å². The van der Waals surface area contributed by atoms with Gasteiger partial charge in [-0.05, 0) is 44.2 Å². The van der Waals surface area contributed by atoms with Gasteiger partial charge in [0, 0.05) is 11.8 Å². The van der Waals surface area contributed by atoms with Crippen molar-refractivity contribution >= 4 is 17.7 Å². The molecule has 5 rings (SSSR count). The van der Waals surface area contributed by atoms with Gasteiger partial charge < -0.3 is 24.3 Å². The van der Waals surface area contributed by atoms with Gasteiger partial charge >= 0.3 is 11.7 Å². The zero-order valence-corrected chi connectivity index (χ0v) is 19.7. The van der Waals surface area contributed by atoms with Crippen molar-refractivity contribution < 1.29 is 28.5 Å². The minimum Gasteiger partial charge on any atom is -0.459 e. The molecule has 4 atom stereocenters. The molecule has 0 bridgehead atoms. The van der Waals surface area contributed by atoms with Gasteiger partial charge in [-0.3, -0.25) is 9.36 Å². The quantitative estimate of drug-likeness (QED) is 0.523. The molecule has 3 heterocycles. The SMILES string of the molecule is CC1(C)OC2[C@H](n3ccc(NC(=O)c4ccccc4)nc3=O)O[C@H](COC(=O)c3ccccc3)[C@H]2O1. The van der Waals surface area contributed by atoms with Crippen molar-refractivity contribution in [2.45, 2.75) is 44.2 Å². The minimum absolute atomic E-state index is 0.0851. The molecular formula is C26H25N3O7. The van der Waals surface area contributed by atoms with Gasteiger partial charge in [-0.15, -0.1) is 0 Å². The number of nitrogens with one attached hydrogen (secondary N) is 1. The molecule has 2 aromatic carbocycles. The number of carbonyl (C=O) groups is 2. The first-order valence-corrected chi connectivity index (χ1v) is 11.5. The monoisotopic (exact) mass is 491 g/mol. The number of nitrogens with zero attached hydrogens (tertiary/aromatic N) is 2. The Bertz CT molecular complexity index is 1310. The van der Waals surface area contributed by atoms with E-state index < -0.39 is 42.0 Å². The van der Waals surface area contributed by atoms with Gasteiger partial charge in [0.25, 0.3) is 5.91 Å². The first-order valence-electron chi connectivity index (χ1n) is 11.5. The predicted octanol–water partition coefficient (Wildman–Crippen LogP) is 2.77. The second-order valence-corrected chi connectivity index (χ2v) is 8.92. The lowest BCUT2D eigenvalue weighted by molar-refractivity contribution is -0.200. The number of hydrogen-bond acceptors (Lipinski definition) is 8. The topological polar surface area (TPSA) is 118 Å². The van der Waals surface area contributed by atoms with Crippen LogP contribution in [0.1, 0.15) is 40.8 Å². The summed E-state index contributed by atoms with van der Waals surface area (Å²) in [6.07, 6.45) is -1.26. The molecule has 1 unspecified atom stereocenters. The van der Waals surface area contributed by atoms with Crippen LogP contribution in [0.25, 0.3) is 0 Å². The number of amides is 1. The lowest BCUT2D eigenvalue weighted by atomic mass is 10.1. The molecule has 2 saturated heterocycles. The third-order valence-corrected chi connectivity index (χ3v) is 5.90. The number of aromatic nitrogens is 2. The van der Waals surface area contributed by atoms with E-state index >= 15 is 0 Å². The summed E-state index contributed by atoms with van der Waals surface area (Å²) in [4.78, 5) is 41.7. The predicted molar refractivity (Wildman–Crippen MR) is 127 cm³/mol. The summed E-state index contributed by atoms with van der Waals surface area (Å²) in [6, 6.07) is 18.7. The molecule has 2 fully saturated rings. The highest BCUT2D eigenvalue weighted by Crippen LogP contribution is 2.42. The van der Waals surface area contributed by atoms with Gasteiger partial charge in [0.15, 0.2) is 12.0 Å². The van der Waals surface area contributed by atoms with Gasteiger partial charge in [0.05, 0.1) is 5.56 Å². The highest BCUT2D eigenvalue weighted by Gasteiger charge is 2.56. The Morgan fingerprint density at radius 1 is 0.972 bits per heavy atom. The Balaban J connectivity index is 1.32. The summed E-state index contributed by atoms with van der Waals surface area (Å²) in [5.41, 5.74) is 0.220. The zero-order valence-electron chi connectivity index (χ0n) is 19.7. The summed E-state index contributed by atoms with van der Waals surface area (Å²) < 4.78 is 24.8. The van der Waals surface area contributed by atoms with E-state index in [4.69, 9.17) is 18.9 Å². The van der Waals surface area contributed by atoms with E-state index in [0.29, 0.717) is 11.1 Å². The van der Waals surface area contributed by atoms with Crippen LogP contribution in [0, 0.1) is 0 Å². The van der Waals surface area contributed by atoms with Crippen LogP contribution >= 0.6 is 0 Å². The van der Waals surface area contributed by atoms with Crippen molar-refractivity contribution in [3.05, 3.63) is 94.5 Å². The smallest absolute Gasteiger partial charge is 0.351 e. The molecule has 0 saturated carbocycles. The van der Waals surface area contributed by atoms with E-state index in [1.54, 1.807) is 68.4 Å². The summed E-state index contributed by atoms with van der Waals surface area (Å²) in [5.74, 6) is -1.68. The lowest BCUT2D eigenvalue weighted by Gasteiger charge is -2.24. The van der Waals surface area contributed by atoms with Crippen LogP contribution in [0.2, 0.25) is 0 Å². The second kappa shape index (κ2) is 9.65. The summed E-state index contributed by atoms with van der Waals surface area (Å²) >= 11 is 0. The molecule has 2 aliphatic rings. The number of carbonyl (C=O) groups excluding carboxylic acids is 2. The molecule has 2 aliphatic heterocycles. The van der Waals surface area contributed by atoms with Crippen LogP contribution < -0.4 is 11.0 Å². The number of hydrogen-bond donors (Lipinski definition) is 1. The van der Waals surface area contributed by atoms with Crippen LogP contribution in [-0.4, -0.2) is 52.1 Å². The average Bonchev–Trinajstić information content (AvgIpc) is 3.36. The number of anilines is 1. The fraction of sp³-hybridized carbons (Fsp3) is 0.308. The Labute approximate surface area is 206 Å². The molecule has 10 nitrogen and oxygen atoms in total. The molecule has 0 spiro atoms. The number of ether oxygens (including phenoxy) is 4. The summed E-state index contributed by atoms with van der Waals surface area (Å²) in [6.45, 7) is 3.44. The van der Waals surface area contributed by atoms with Gasteiger partial charge in [0.1, 0.15) is 30.7 Å². The largest absolute Gasteiger partial charge is 0.459 e. The Morgan fingerprint density at radius 2 is 1.61 bits per heavy atom. The molecule has 3 aromatic rings. The lowest BCUT2D eigenvalue weighted by Crippen LogP contribution is -2.35. The Morgan fingerprint density at radius 3 is 2.28 bits per heavy atom. The molecule has 1 aromatic heterocycles. The van der Waals surface area contributed by atoms with E-state index in [1.165, 1.54) is 16.8 Å². The van der Waals surface area contributed by atoms with Crippen molar-refractivity contribution in [2.24, 2.45) is 0 Å². The first kappa shape index (κ1) is 23.9. The van der Waals surface area contributed by atoms with Crippen molar-refractivity contribution in [3.8, 4) is 0 Å². The highest BCUT2D eigenvalue weighted by atomic mass is 16.8. The third kappa shape index (κ3) is 4.92. The first-order chi connectivity index (χ1) is 17.3. The van der Waals surface area contributed by atoms with Crippen LogP contribution in [0.3, 0.4) is 0 Å². The molecular weight excluding hydrogens is 466 g/mol. The van der Waals surface area contributed by atoms with Crippen molar-refractivity contribution in [3.63, 3.8) is 0 Å². The van der Waals surface area contributed by atoms with E-state index in [-0.39, 0.29) is 18.3 Å². The van der Waals surface area contributed by atoms with Gasteiger partial charge in [-0.2, -0.15) is 4.98 Å².